The van der Waals surface area contributed by atoms with Gasteiger partial charge < -0.3 is 19.8 Å². The Morgan fingerprint density at radius 1 is 1.04 bits per heavy atom. The Bertz CT molecular complexity index is 2020. The van der Waals surface area contributed by atoms with E-state index in [1.54, 1.807) is 36.4 Å². The predicted octanol–water partition coefficient (Wildman–Crippen LogP) is 0.807. The number of sulfonamides is 2. The summed E-state index contributed by atoms with van der Waals surface area (Å²) in [6.07, 6.45) is 9.54. The first-order valence-corrected chi connectivity index (χ1v) is 17.6. The maximum absolute atomic E-state index is 13.8. The van der Waals surface area contributed by atoms with E-state index >= 15 is 0 Å². The van der Waals surface area contributed by atoms with Crippen molar-refractivity contribution in [3.8, 4) is 23.6 Å². The van der Waals surface area contributed by atoms with E-state index in [0.717, 1.165) is 0 Å². The first-order chi connectivity index (χ1) is 22.1. The van der Waals surface area contributed by atoms with E-state index in [-0.39, 0.29) is 69.0 Å². The van der Waals surface area contributed by atoms with Crippen molar-refractivity contribution in [2.75, 3.05) is 51.7 Å². The summed E-state index contributed by atoms with van der Waals surface area (Å²) in [4.78, 5) is 26.5. The molecule has 2 aliphatic heterocycles. The van der Waals surface area contributed by atoms with Gasteiger partial charge in [-0.25, -0.2) is 26.8 Å². The molecule has 0 aliphatic carbocycles. The smallest absolute Gasteiger partial charge is 0.291 e. The number of aromatic amines is 1. The lowest BCUT2D eigenvalue weighted by Crippen LogP contribution is -2.57. The molecule has 2 fully saturated rings. The number of piperazine rings is 1. The van der Waals surface area contributed by atoms with Crippen LogP contribution in [0.25, 0.3) is 22.2 Å². The van der Waals surface area contributed by atoms with E-state index < -0.39 is 32.0 Å². The number of aromatic nitrogens is 4. The molecule has 0 saturated carbocycles. The highest BCUT2D eigenvalue weighted by Crippen LogP contribution is 2.26. The summed E-state index contributed by atoms with van der Waals surface area (Å²) in [5.41, 5.74) is 1.91. The highest BCUT2D eigenvalue weighted by molar-refractivity contribution is 7.89. The third-order valence-corrected chi connectivity index (χ3v) is 11.8. The van der Waals surface area contributed by atoms with Gasteiger partial charge in [0, 0.05) is 79.8 Å². The van der Waals surface area contributed by atoms with Gasteiger partial charge in [0.15, 0.2) is 6.20 Å². The lowest BCUT2D eigenvalue weighted by Gasteiger charge is -2.40. The molecule has 3 aromatic heterocycles. The molecule has 6 rings (SSSR count). The Labute approximate surface area is 266 Å². The zero-order valence-corrected chi connectivity index (χ0v) is 26.3. The summed E-state index contributed by atoms with van der Waals surface area (Å²) in [7, 11) is -7.76. The summed E-state index contributed by atoms with van der Waals surface area (Å²) in [5.74, 6) is 1.50. The first-order valence-electron chi connectivity index (χ1n) is 14.5. The van der Waals surface area contributed by atoms with Crippen molar-refractivity contribution in [1.29, 1.82) is 0 Å². The summed E-state index contributed by atoms with van der Waals surface area (Å²) >= 11 is 0. The van der Waals surface area contributed by atoms with Gasteiger partial charge in [-0.3, -0.25) is 4.79 Å². The van der Waals surface area contributed by atoms with Gasteiger partial charge >= 0.3 is 0 Å². The zero-order valence-electron chi connectivity index (χ0n) is 24.6. The molecule has 1 aromatic carbocycles. The quantitative estimate of drug-likeness (QED) is 0.162. The normalized spacial score (nSPS) is 18.4. The molecule has 240 valence electrons. The van der Waals surface area contributed by atoms with Crippen molar-refractivity contribution in [1.82, 2.24) is 28.5 Å². The number of nitrogens with one attached hydrogen (secondary N) is 1. The van der Waals surface area contributed by atoms with E-state index in [1.165, 1.54) is 38.2 Å². The van der Waals surface area contributed by atoms with Crippen LogP contribution >= 0.6 is 0 Å². The molecule has 1 amide bonds. The van der Waals surface area contributed by atoms with Crippen molar-refractivity contribution in [3.63, 3.8) is 0 Å². The SMILES string of the molecule is C#Cc1ccc2[nH]c(S(=O)(=O)N3CCN(C(=O)c4ncc(-c5cccc[n+]5[O-])cn4)C(CCS(=O)(=O)N4CCOCC4)C3)cc2c1. The number of fused-ring (bicyclic) bond motifs is 1. The van der Waals surface area contributed by atoms with Gasteiger partial charge in [-0.2, -0.15) is 13.3 Å². The Kier molecular flexibility index (Phi) is 8.77. The third-order valence-electron chi connectivity index (χ3n) is 8.12. The fraction of sp³-hybridized carbons (Fsp3) is 0.333. The number of morpholine rings is 1. The number of terminal acetylenes is 1. The largest absolute Gasteiger partial charge is 0.618 e. The van der Waals surface area contributed by atoms with Gasteiger partial charge in [0.05, 0.1) is 24.5 Å². The van der Waals surface area contributed by atoms with E-state index in [9.17, 15) is 26.8 Å². The van der Waals surface area contributed by atoms with Crippen LogP contribution in [0.3, 0.4) is 0 Å². The molecule has 14 nitrogen and oxygen atoms in total. The molecule has 46 heavy (non-hydrogen) atoms. The topological polar surface area (TPSA) is 173 Å². The highest BCUT2D eigenvalue weighted by atomic mass is 32.2. The van der Waals surface area contributed by atoms with Crippen LogP contribution in [0, 0.1) is 17.6 Å². The zero-order chi connectivity index (χ0) is 32.5. The first kappa shape index (κ1) is 31.6. The van der Waals surface area contributed by atoms with Crippen molar-refractivity contribution in [2.45, 2.75) is 17.5 Å². The molecule has 0 spiro atoms. The fourth-order valence-electron chi connectivity index (χ4n) is 5.62. The number of hydrogen-bond donors (Lipinski definition) is 1. The number of H-pyrrole nitrogens is 1. The van der Waals surface area contributed by atoms with Crippen LogP contribution in [0.1, 0.15) is 22.6 Å². The number of amides is 1. The maximum Gasteiger partial charge on any atom is 0.291 e. The maximum atomic E-state index is 13.8. The van der Waals surface area contributed by atoms with Crippen LogP contribution in [0.4, 0.5) is 0 Å². The average molecular weight is 666 g/mol. The second kappa shape index (κ2) is 12.8. The monoisotopic (exact) mass is 665 g/mol. The Morgan fingerprint density at radius 2 is 1.80 bits per heavy atom. The third kappa shape index (κ3) is 6.32. The minimum Gasteiger partial charge on any atom is -0.618 e. The molecular formula is C30H31N7O7S2. The van der Waals surface area contributed by atoms with E-state index in [0.29, 0.717) is 32.5 Å². The number of ether oxygens (including phenoxy) is 1. The minimum absolute atomic E-state index is 0.0199. The molecule has 0 radical (unpaired) electrons. The van der Waals surface area contributed by atoms with Crippen LogP contribution in [0.2, 0.25) is 0 Å². The lowest BCUT2D eigenvalue weighted by atomic mass is 10.1. The average Bonchev–Trinajstić information content (AvgIpc) is 3.52. The second-order valence-corrected chi connectivity index (χ2v) is 14.9. The van der Waals surface area contributed by atoms with Crippen LogP contribution < -0.4 is 4.73 Å². The molecule has 1 N–H and O–H groups in total. The second-order valence-electron chi connectivity index (χ2n) is 10.9. The Balaban J connectivity index is 1.26. The Hall–Kier alpha value is -4.40. The number of nitrogens with zero attached hydrogens (tertiary/aromatic N) is 6. The van der Waals surface area contributed by atoms with Crippen LogP contribution in [0.5, 0.6) is 0 Å². The van der Waals surface area contributed by atoms with Gasteiger partial charge in [0.1, 0.15) is 5.03 Å². The number of carbonyl (C=O) groups is 1. The van der Waals surface area contributed by atoms with Crippen molar-refractivity contribution in [3.05, 3.63) is 77.7 Å². The van der Waals surface area contributed by atoms with Crippen LogP contribution in [-0.4, -0.2) is 109 Å². The number of carbonyl (C=O) groups excluding carboxylic acids is 1. The predicted molar refractivity (Wildman–Crippen MR) is 167 cm³/mol. The van der Waals surface area contributed by atoms with E-state index in [2.05, 4.69) is 20.9 Å². The minimum atomic E-state index is -4.06. The number of rotatable bonds is 8. The lowest BCUT2D eigenvalue weighted by molar-refractivity contribution is -0.593. The van der Waals surface area contributed by atoms with Gasteiger partial charge in [0.2, 0.25) is 21.5 Å². The van der Waals surface area contributed by atoms with Crippen molar-refractivity contribution in [2.24, 2.45) is 0 Å². The van der Waals surface area contributed by atoms with Gasteiger partial charge in [-0.05, 0) is 36.8 Å². The molecule has 16 heteroatoms. The van der Waals surface area contributed by atoms with Crippen LogP contribution in [0.15, 0.2) is 66.1 Å². The molecule has 1 atom stereocenters. The molecule has 5 heterocycles. The standard InChI is InChI=1S/C30H31N7O7S2/c1-2-22-6-7-26-23(17-22)18-28(33-26)46(42,43)35-10-11-36(25(21-35)8-16-45(40,41)34-12-14-44-15-13-34)30(38)29-31-19-24(20-32-29)27-5-3-4-9-37(27)39/h1,3-7,9,17-20,25,33H,8,10-16,21H2. The van der Waals surface area contributed by atoms with E-state index in [1.807, 2.05) is 0 Å². The molecule has 2 saturated heterocycles. The summed E-state index contributed by atoms with van der Waals surface area (Å²) in [5, 5.41) is 12.8. The Morgan fingerprint density at radius 3 is 2.52 bits per heavy atom. The van der Waals surface area contributed by atoms with Crippen molar-refractivity contribution < 1.29 is 31.1 Å². The fourth-order valence-corrected chi connectivity index (χ4v) is 8.64. The number of benzene rings is 1. The molecular weight excluding hydrogens is 635 g/mol. The highest BCUT2D eigenvalue weighted by Gasteiger charge is 2.39. The van der Waals surface area contributed by atoms with Gasteiger partial charge in [-0.1, -0.05) is 5.92 Å². The summed E-state index contributed by atoms with van der Waals surface area (Å²) in [6, 6.07) is 10.7. The van der Waals surface area contributed by atoms with Gasteiger partial charge in [-0.15, -0.1) is 6.42 Å². The number of pyridine rings is 1. The van der Waals surface area contributed by atoms with Crippen molar-refractivity contribution >= 4 is 36.9 Å². The van der Waals surface area contributed by atoms with Gasteiger partial charge in [0.25, 0.3) is 15.9 Å². The summed E-state index contributed by atoms with van der Waals surface area (Å²) < 4.78 is 62.5. The molecule has 1 unspecified atom stereocenters. The molecule has 0 bridgehead atoms. The number of hydrogen-bond acceptors (Lipinski definition) is 9. The molecule has 4 aromatic rings. The summed E-state index contributed by atoms with van der Waals surface area (Å²) in [6.45, 7) is 0.822. The van der Waals surface area contributed by atoms with Crippen LogP contribution in [-0.2, 0) is 24.8 Å². The molecule has 2 aliphatic rings. The van der Waals surface area contributed by atoms with E-state index in [4.69, 9.17) is 11.2 Å².